The Bertz CT molecular complexity index is 1160. The Labute approximate surface area is 170 Å². The highest BCUT2D eigenvalue weighted by atomic mass is 16.2. The van der Waals surface area contributed by atoms with Gasteiger partial charge < -0.3 is 5.32 Å². The molecule has 1 atom stereocenters. The Kier molecular flexibility index (Phi) is 5.69. The number of carbonyl (C=O) groups is 2. The Morgan fingerprint density at radius 3 is 2.24 bits per heavy atom. The molecule has 29 heavy (non-hydrogen) atoms. The molecule has 2 aromatic carbocycles. The number of amides is 1. The molecule has 0 aliphatic rings. The van der Waals surface area contributed by atoms with E-state index in [1.165, 1.54) is 6.92 Å². The summed E-state index contributed by atoms with van der Waals surface area (Å²) in [6.07, 6.45) is 0.475. The molecule has 0 saturated heterocycles. The minimum atomic E-state index is -0.639. The summed E-state index contributed by atoms with van der Waals surface area (Å²) in [5.41, 5.74) is 4.79. The number of carbonyl (C=O) groups excluding carboxylic acids is 2. The van der Waals surface area contributed by atoms with Gasteiger partial charge >= 0.3 is 0 Å². The number of nitrogens with one attached hydrogen (secondary N) is 1. The van der Waals surface area contributed by atoms with Crippen molar-refractivity contribution < 1.29 is 9.59 Å². The van der Waals surface area contributed by atoms with Crippen LogP contribution in [0.15, 0.2) is 47.3 Å². The summed E-state index contributed by atoms with van der Waals surface area (Å²) >= 11 is 0. The van der Waals surface area contributed by atoms with E-state index in [-0.39, 0.29) is 17.2 Å². The first-order valence-corrected chi connectivity index (χ1v) is 9.78. The number of pyridine rings is 1. The number of benzene rings is 2. The van der Waals surface area contributed by atoms with Crippen molar-refractivity contribution in [2.24, 2.45) is 0 Å². The fourth-order valence-electron chi connectivity index (χ4n) is 3.83. The SMILES string of the molecule is CCC(C(=O)Nc1ccc(C(C)=O)cc1)n1c(=O)cc(C)c2cc(C)cc(C)c21. The molecule has 3 aromatic rings. The Balaban J connectivity index is 2.06. The van der Waals surface area contributed by atoms with Crippen molar-refractivity contribution in [3.63, 3.8) is 0 Å². The third-order valence-electron chi connectivity index (χ3n) is 5.25. The molecule has 1 aromatic heterocycles. The lowest BCUT2D eigenvalue weighted by Gasteiger charge is -2.22. The maximum atomic E-state index is 13.1. The zero-order chi connectivity index (χ0) is 21.3. The fraction of sp³-hybridized carbons (Fsp3) is 0.292. The molecule has 0 fully saturated rings. The van der Waals surface area contributed by atoms with E-state index in [1.54, 1.807) is 34.9 Å². The molecule has 0 aliphatic heterocycles. The average Bonchev–Trinajstić information content (AvgIpc) is 2.65. The molecule has 5 nitrogen and oxygen atoms in total. The summed E-state index contributed by atoms with van der Waals surface area (Å²) in [6, 6.07) is 11.8. The first-order chi connectivity index (χ1) is 13.7. The van der Waals surface area contributed by atoms with E-state index in [2.05, 4.69) is 11.4 Å². The largest absolute Gasteiger partial charge is 0.324 e. The zero-order valence-corrected chi connectivity index (χ0v) is 17.5. The number of Topliss-reactive ketones (excluding diaryl/α,β-unsaturated/α-hetero) is 1. The van der Waals surface area contributed by atoms with E-state index < -0.39 is 6.04 Å². The van der Waals surface area contributed by atoms with E-state index in [1.807, 2.05) is 33.8 Å². The molecule has 0 saturated carbocycles. The summed E-state index contributed by atoms with van der Waals surface area (Å²) in [7, 11) is 0. The highest BCUT2D eigenvalue weighted by molar-refractivity contribution is 5.97. The van der Waals surface area contributed by atoms with Gasteiger partial charge in [0.05, 0.1) is 5.52 Å². The average molecular weight is 390 g/mol. The number of ketones is 1. The first kappa shape index (κ1) is 20.5. The van der Waals surface area contributed by atoms with Crippen molar-refractivity contribution in [1.82, 2.24) is 4.57 Å². The Hall–Kier alpha value is -3.21. The quantitative estimate of drug-likeness (QED) is 0.641. The number of hydrogen-bond acceptors (Lipinski definition) is 3. The third kappa shape index (κ3) is 3.99. The highest BCUT2D eigenvalue weighted by Gasteiger charge is 2.23. The van der Waals surface area contributed by atoms with Crippen LogP contribution in [0, 0.1) is 20.8 Å². The normalized spacial score (nSPS) is 12.0. The van der Waals surface area contributed by atoms with Gasteiger partial charge in [-0.3, -0.25) is 19.0 Å². The van der Waals surface area contributed by atoms with E-state index in [4.69, 9.17) is 0 Å². The van der Waals surface area contributed by atoms with Crippen LogP contribution in [0.3, 0.4) is 0 Å². The summed E-state index contributed by atoms with van der Waals surface area (Å²) < 4.78 is 1.61. The number of aromatic nitrogens is 1. The van der Waals surface area contributed by atoms with E-state index in [0.29, 0.717) is 17.7 Å². The first-order valence-electron chi connectivity index (χ1n) is 9.78. The lowest BCUT2D eigenvalue weighted by Crippen LogP contribution is -2.33. The fourth-order valence-corrected chi connectivity index (χ4v) is 3.83. The van der Waals surface area contributed by atoms with E-state index in [9.17, 15) is 14.4 Å². The van der Waals surface area contributed by atoms with Crippen LogP contribution in [0.2, 0.25) is 0 Å². The molecule has 5 heteroatoms. The van der Waals surface area contributed by atoms with Gasteiger partial charge in [-0.05, 0) is 75.6 Å². The maximum Gasteiger partial charge on any atom is 0.252 e. The molecule has 1 amide bonds. The molecular weight excluding hydrogens is 364 g/mol. The van der Waals surface area contributed by atoms with Gasteiger partial charge in [0.15, 0.2) is 5.78 Å². The molecule has 1 heterocycles. The van der Waals surface area contributed by atoms with E-state index >= 15 is 0 Å². The second kappa shape index (κ2) is 8.03. The molecule has 0 bridgehead atoms. The zero-order valence-electron chi connectivity index (χ0n) is 17.5. The summed E-state index contributed by atoms with van der Waals surface area (Å²) in [4.78, 5) is 37.4. The third-order valence-corrected chi connectivity index (χ3v) is 5.25. The molecule has 0 spiro atoms. The van der Waals surface area contributed by atoms with E-state index in [0.717, 1.165) is 27.6 Å². The second-order valence-electron chi connectivity index (χ2n) is 7.56. The van der Waals surface area contributed by atoms with Gasteiger partial charge in [0.1, 0.15) is 6.04 Å². The van der Waals surface area contributed by atoms with Gasteiger partial charge in [0, 0.05) is 22.7 Å². The van der Waals surface area contributed by atoms with Crippen LogP contribution in [0.25, 0.3) is 10.9 Å². The number of aryl methyl sites for hydroxylation is 3. The van der Waals surface area contributed by atoms with Crippen LogP contribution in [-0.4, -0.2) is 16.3 Å². The van der Waals surface area contributed by atoms with Gasteiger partial charge in [-0.25, -0.2) is 0 Å². The van der Waals surface area contributed by atoms with Crippen molar-refractivity contribution in [3.8, 4) is 0 Å². The van der Waals surface area contributed by atoms with Crippen LogP contribution in [0.5, 0.6) is 0 Å². The lowest BCUT2D eigenvalue weighted by atomic mass is 10.0. The summed E-state index contributed by atoms with van der Waals surface area (Å²) in [5, 5.41) is 3.87. The minimum Gasteiger partial charge on any atom is -0.324 e. The van der Waals surface area contributed by atoms with Gasteiger partial charge in [-0.15, -0.1) is 0 Å². The molecule has 1 unspecified atom stereocenters. The molecule has 3 rings (SSSR count). The number of nitrogens with zero attached hydrogens (tertiary/aromatic N) is 1. The van der Waals surface area contributed by atoms with Crippen molar-refractivity contribution in [2.45, 2.75) is 47.1 Å². The van der Waals surface area contributed by atoms with Crippen molar-refractivity contribution in [1.29, 1.82) is 0 Å². The lowest BCUT2D eigenvalue weighted by molar-refractivity contribution is -0.119. The van der Waals surface area contributed by atoms with Gasteiger partial charge in [0.25, 0.3) is 5.56 Å². The predicted octanol–water partition coefficient (Wildman–Crippen LogP) is 4.72. The second-order valence-corrected chi connectivity index (χ2v) is 7.56. The van der Waals surface area contributed by atoms with Crippen molar-refractivity contribution in [3.05, 3.63) is 75.1 Å². The molecule has 0 radical (unpaired) electrons. The molecule has 0 aliphatic carbocycles. The van der Waals surface area contributed by atoms with Crippen molar-refractivity contribution in [2.75, 3.05) is 5.32 Å². The predicted molar refractivity (Wildman–Crippen MR) is 117 cm³/mol. The minimum absolute atomic E-state index is 0.0299. The van der Waals surface area contributed by atoms with Crippen LogP contribution >= 0.6 is 0 Å². The number of rotatable bonds is 5. The monoisotopic (exact) mass is 390 g/mol. The Morgan fingerprint density at radius 1 is 1.00 bits per heavy atom. The summed E-state index contributed by atoms with van der Waals surface area (Å²) in [6.45, 7) is 9.31. The standard InChI is InChI=1S/C24H26N2O3/c1-6-21(24(29)25-19-9-7-18(8-10-19)17(5)27)26-22(28)13-15(3)20-12-14(2)11-16(4)23(20)26/h7-13,21H,6H2,1-5H3,(H,25,29). The molecule has 1 N–H and O–H groups in total. The smallest absolute Gasteiger partial charge is 0.252 e. The van der Waals surface area contributed by atoms with Gasteiger partial charge in [0.2, 0.25) is 5.91 Å². The topological polar surface area (TPSA) is 68.2 Å². The highest BCUT2D eigenvalue weighted by Crippen LogP contribution is 2.26. The molecular formula is C24H26N2O3. The van der Waals surface area contributed by atoms with Crippen LogP contribution < -0.4 is 10.9 Å². The Morgan fingerprint density at radius 2 is 1.66 bits per heavy atom. The number of hydrogen-bond donors (Lipinski definition) is 1. The molecule has 150 valence electrons. The number of anilines is 1. The van der Waals surface area contributed by atoms with Crippen molar-refractivity contribution >= 4 is 28.3 Å². The van der Waals surface area contributed by atoms with Gasteiger partial charge in [-0.1, -0.05) is 18.6 Å². The maximum absolute atomic E-state index is 13.1. The van der Waals surface area contributed by atoms with Gasteiger partial charge in [-0.2, -0.15) is 0 Å². The summed E-state index contributed by atoms with van der Waals surface area (Å²) in [5.74, 6) is -0.284. The van der Waals surface area contributed by atoms with Crippen LogP contribution in [0.1, 0.15) is 53.4 Å². The number of fused-ring (bicyclic) bond motifs is 1. The van der Waals surface area contributed by atoms with Crippen LogP contribution in [0.4, 0.5) is 5.69 Å². The van der Waals surface area contributed by atoms with Crippen LogP contribution in [-0.2, 0) is 4.79 Å².